The maximum Gasteiger partial charge on any atom is 0.115 e. The SMILES string of the molecule is CC(CC1CC1)NC1CCc2cc(O)ccc21. The molecule has 1 aromatic rings. The lowest BCUT2D eigenvalue weighted by molar-refractivity contribution is 0.419. The number of aryl methyl sites for hydroxylation is 1. The lowest BCUT2D eigenvalue weighted by Crippen LogP contribution is -2.29. The molecule has 1 fully saturated rings. The lowest BCUT2D eigenvalue weighted by Gasteiger charge is -2.20. The van der Waals surface area contributed by atoms with Crippen molar-refractivity contribution in [1.82, 2.24) is 5.32 Å². The molecule has 0 saturated heterocycles. The first-order valence-electron chi connectivity index (χ1n) is 6.80. The normalized spacial score (nSPS) is 24.6. The van der Waals surface area contributed by atoms with Crippen molar-refractivity contribution in [2.75, 3.05) is 0 Å². The molecule has 2 heteroatoms. The number of fused-ring (bicyclic) bond motifs is 1. The van der Waals surface area contributed by atoms with Gasteiger partial charge in [0.25, 0.3) is 0 Å². The first-order chi connectivity index (χ1) is 8.22. The Morgan fingerprint density at radius 1 is 1.35 bits per heavy atom. The zero-order valence-corrected chi connectivity index (χ0v) is 10.4. The molecule has 3 rings (SSSR count). The monoisotopic (exact) mass is 231 g/mol. The molecule has 0 aromatic heterocycles. The van der Waals surface area contributed by atoms with Gasteiger partial charge < -0.3 is 10.4 Å². The summed E-state index contributed by atoms with van der Waals surface area (Å²) in [7, 11) is 0. The Hall–Kier alpha value is -1.02. The summed E-state index contributed by atoms with van der Waals surface area (Å²) in [5.74, 6) is 1.38. The largest absolute Gasteiger partial charge is 0.508 e. The third-order valence-corrected chi connectivity index (χ3v) is 4.07. The second kappa shape index (κ2) is 4.34. The van der Waals surface area contributed by atoms with Crippen LogP contribution in [0.2, 0.25) is 0 Å². The summed E-state index contributed by atoms with van der Waals surface area (Å²) in [5.41, 5.74) is 2.71. The summed E-state index contributed by atoms with van der Waals surface area (Å²) < 4.78 is 0. The standard InChI is InChI=1S/C15H21NO/c1-10(8-11-2-3-11)16-15-7-4-12-9-13(17)5-6-14(12)15/h5-6,9-11,15-17H,2-4,7-8H2,1H3. The van der Waals surface area contributed by atoms with Crippen LogP contribution in [0.3, 0.4) is 0 Å². The zero-order valence-electron chi connectivity index (χ0n) is 10.4. The molecule has 2 unspecified atom stereocenters. The number of hydrogen-bond donors (Lipinski definition) is 2. The van der Waals surface area contributed by atoms with Gasteiger partial charge in [-0.1, -0.05) is 18.9 Å². The van der Waals surface area contributed by atoms with E-state index in [9.17, 15) is 5.11 Å². The van der Waals surface area contributed by atoms with Crippen LogP contribution in [0.5, 0.6) is 5.75 Å². The molecule has 2 aliphatic rings. The van der Waals surface area contributed by atoms with E-state index in [1.54, 1.807) is 0 Å². The second-order valence-corrected chi connectivity index (χ2v) is 5.72. The molecule has 0 amide bonds. The number of aromatic hydroxyl groups is 1. The molecule has 2 N–H and O–H groups in total. The van der Waals surface area contributed by atoms with Crippen molar-refractivity contribution >= 4 is 0 Å². The molecule has 0 aliphatic heterocycles. The highest BCUT2D eigenvalue weighted by Crippen LogP contribution is 2.36. The molecule has 1 saturated carbocycles. The van der Waals surface area contributed by atoms with Crippen molar-refractivity contribution in [1.29, 1.82) is 0 Å². The minimum atomic E-state index is 0.399. The molecule has 0 radical (unpaired) electrons. The first kappa shape index (κ1) is 11.1. The summed E-state index contributed by atoms with van der Waals surface area (Å²) in [6.07, 6.45) is 6.46. The van der Waals surface area contributed by atoms with Gasteiger partial charge >= 0.3 is 0 Å². The van der Waals surface area contributed by atoms with Crippen LogP contribution in [0.25, 0.3) is 0 Å². The van der Waals surface area contributed by atoms with E-state index in [4.69, 9.17) is 0 Å². The van der Waals surface area contributed by atoms with E-state index in [1.165, 1.54) is 36.8 Å². The molecule has 1 aromatic carbocycles. The van der Waals surface area contributed by atoms with Crippen molar-refractivity contribution in [2.24, 2.45) is 5.92 Å². The highest BCUT2D eigenvalue weighted by Gasteiger charge is 2.27. The van der Waals surface area contributed by atoms with Crippen LogP contribution in [-0.4, -0.2) is 11.1 Å². The van der Waals surface area contributed by atoms with Crippen LogP contribution in [0.15, 0.2) is 18.2 Å². The van der Waals surface area contributed by atoms with Gasteiger partial charge in [-0.05, 0) is 55.4 Å². The average molecular weight is 231 g/mol. The molecule has 17 heavy (non-hydrogen) atoms. The van der Waals surface area contributed by atoms with Crippen molar-refractivity contribution in [3.05, 3.63) is 29.3 Å². The number of hydrogen-bond acceptors (Lipinski definition) is 2. The summed E-state index contributed by atoms with van der Waals surface area (Å²) in [6, 6.07) is 6.93. The highest BCUT2D eigenvalue weighted by atomic mass is 16.3. The zero-order chi connectivity index (χ0) is 11.8. The Morgan fingerprint density at radius 2 is 2.18 bits per heavy atom. The smallest absolute Gasteiger partial charge is 0.115 e. The predicted molar refractivity (Wildman–Crippen MR) is 69.1 cm³/mol. The Kier molecular flexibility index (Phi) is 2.83. The average Bonchev–Trinajstić information content (AvgIpc) is 3.01. The Bertz CT molecular complexity index is 411. The highest BCUT2D eigenvalue weighted by molar-refractivity contribution is 5.40. The van der Waals surface area contributed by atoms with Crippen LogP contribution < -0.4 is 5.32 Å². The third-order valence-electron chi connectivity index (χ3n) is 4.07. The number of nitrogens with one attached hydrogen (secondary N) is 1. The fourth-order valence-corrected chi connectivity index (χ4v) is 3.04. The van der Waals surface area contributed by atoms with Crippen LogP contribution in [0.1, 0.15) is 49.8 Å². The van der Waals surface area contributed by atoms with Crippen LogP contribution >= 0.6 is 0 Å². The Morgan fingerprint density at radius 3 is 2.94 bits per heavy atom. The minimum absolute atomic E-state index is 0.399. The van der Waals surface area contributed by atoms with E-state index < -0.39 is 0 Å². The number of phenols is 1. The molecule has 2 aliphatic carbocycles. The van der Waals surface area contributed by atoms with Crippen molar-refractivity contribution in [2.45, 2.75) is 51.1 Å². The molecule has 0 spiro atoms. The van der Waals surface area contributed by atoms with Gasteiger partial charge in [0.15, 0.2) is 0 Å². The molecular formula is C15H21NO. The second-order valence-electron chi connectivity index (χ2n) is 5.72. The van der Waals surface area contributed by atoms with Gasteiger partial charge in [0.1, 0.15) is 5.75 Å². The van der Waals surface area contributed by atoms with Gasteiger partial charge in [-0.25, -0.2) is 0 Å². The topological polar surface area (TPSA) is 32.3 Å². The van der Waals surface area contributed by atoms with Crippen molar-refractivity contribution < 1.29 is 5.11 Å². The Balaban J connectivity index is 1.66. The van der Waals surface area contributed by atoms with E-state index in [0.717, 1.165) is 12.3 Å². The third kappa shape index (κ3) is 2.47. The van der Waals surface area contributed by atoms with Crippen LogP contribution in [-0.2, 0) is 6.42 Å². The molecule has 0 bridgehead atoms. The van der Waals surface area contributed by atoms with E-state index in [2.05, 4.69) is 18.3 Å². The van der Waals surface area contributed by atoms with Crippen LogP contribution in [0, 0.1) is 5.92 Å². The van der Waals surface area contributed by atoms with E-state index in [1.807, 2.05) is 12.1 Å². The quantitative estimate of drug-likeness (QED) is 0.834. The van der Waals surface area contributed by atoms with Gasteiger partial charge in [0.05, 0.1) is 0 Å². The van der Waals surface area contributed by atoms with Crippen LogP contribution in [0.4, 0.5) is 0 Å². The molecule has 0 heterocycles. The molecule has 92 valence electrons. The maximum absolute atomic E-state index is 9.47. The number of phenolic OH excluding ortho intramolecular Hbond substituents is 1. The van der Waals surface area contributed by atoms with Crippen molar-refractivity contribution in [3.8, 4) is 5.75 Å². The molecule has 2 atom stereocenters. The van der Waals surface area contributed by atoms with E-state index >= 15 is 0 Å². The van der Waals surface area contributed by atoms with E-state index in [-0.39, 0.29) is 0 Å². The fraction of sp³-hybridized carbons (Fsp3) is 0.600. The maximum atomic E-state index is 9.47. The first-order valence-corrected chi connectivity index (χ1v) is 6.80. The van der Waals surface area contributed by atoms with Gasteiger partial charge in [0, 0.05) is 12.1 Å². The van der Waals surface area contributed by atoms with E-state index in [0.29, 0.717) is 17.8 Å². The lowest BCUT2D eigenvalue weighted by atomic mass is 10.1. The van der Waals surface area contributed by atoms with Gasteiger partial charge in [-0.15, -0.1) is 0 Å². The molecular weight excluding hydrogens is 210 g/mol. The van der Waals surface area contributed by atoms with Gasteiger partial charge in [-0.3, -0.25) is 0 Å². The number of rotatable bonds is 4. The Labute approximate surface area is 103 Å². The summed E-state index contributed by atoms with van der Waals surface area (Å²) in [4.78, 5) is 0. The number of benzene rings is 1. The molecule has 2 nitrogen and oxygen atoms in total. The predicted octanol–water partition coefficient (Wildman–Crippen LogP) is 3.16. The minimum Gasteiger partial charge on any atom is -0.508 e. The summed E-state index contributed by atoms with van der Waals surface area (Å²) in [5, 5.41) is 13.2. The fourth-order valence-electron chi connectivity index (χ4n) is 3.04. The van der Waals surface area contributed by atoms with Crippen molar-refractivity contribution in [3.63, 3.8) is 0 Å². The van der Waals surface area contributed by atoms with Gasteiger partial charge in [-0.2, -0.15) is 0 Å². The van der Waals surface area contributed by atoms with Gasteiger partial charge in [0.2, 0.25) is 0 Å². The summed E-state index contributed by atoms with van der Waals surface area (Å²) >= 11 is 0. The summed E-state index contributed by atoms with van der Waals surface area (Å²) in [6.45, 7) is 2.30.